The fourth-order valence-electron chi connectivity index (χ4n) is 10.8. The minimum atomic E-state index is 0.503. The molecule has 13 rings (SSSR count). The molecule has 13 aromatic rings. The Labute approximate surface area is 481 Å². The number of hydrogen-bond donors (Lipinski definition) is 0. The van der Waals surface area contributed by atoms with Crippen molar-refractivity contribution in [3.05, 3.63) is 319 Å². The Morgan fingerprint density at radius 2 is 0.651 bits per heavy atom. The van der Waals surface area contributed by atoms with Crippen LogP contribution in [0.3, 0.4) is 0 Å². The van der Waals surface area contributed by atoms with E-state index in [1.165, 1.54) is 0 Å². The second-order valence-corrected chi connectivity index (χ2v) is 19.8. The summed E-state index contributed by atoms with van der Waals surface area (Å²) in [5.74, 6) is 0.503. The summed E-state index contributed by atoms with van der Waals surface area (Å²) in [6.07, 6.45) is 0. The zero-order valence-corrected chi connectivity index (χ0v) is 44.5. The van der Waals surface area contributed by atoms with Crippen molar-refractivity contribution in [2.24, 2.45) is 0 Å². The van der Waals surface area contributed by atoms with Crippen LogP contribution in [0, 0.1) is 26.3 Å². The molecule has 9 nitrogen and oxygen atoms in total. The minimum absolute atomic E-state index is 0.503. The van der Waals surface area contributed by atoms with Gasteiger partial charge in [0.2, 0.25) is 0 Å². The van der Waals surface area contributed by atoms with Crippen molar-refractivity contribution < 1.29 is 0 Å². The monoisotopic (exact) mass is 1060 g/mol. The summed E-state index contributed by atoms with van der Waals surface area (Å²) in [5.41, 5.74) is 19.4. The van der Waals surface area contributed by atoms with Crippen molar-refractivity contribution in [3.8, 4) is 61.8 Å². The first-order valence-corrected chi connectivity index (χ1v) is 26.8. The highest BCUT2D eigenvalue weighted by molar-refractivity contribution is 6.12. The summed E-state index contributed by atoms with van der Waals surface area (Å²) in [5, 5.41) is 2.14. The van der Waals surface area contributed by atoms with Crippen LogP contribution < -0.4 is 9.80 Å². The highest BCUT2D eigenvalue weighted by Gasteiger charge is 2.21. The normalized spacial score (nSPS) is 10.8. The van der Waals surface area contributed by atoms with E-state index in [2.05, 4.69) is 167 Å². The molecule has 0 radical (unpaired) electrons. The molecule has 0 aliphatic carbocycles. The molecule has 0 atom stereocenters. The molecule has 0 aliphatic rings. The second-order valence-electron chi connectivity index (χ2n) is 19.8. The lowest BCUT2D eigenvalue weighted by molar-refractivity contribution is 1.18. The predicted molar refractivity (Wildman–Crippen MR) is 338 cm³/mol. The molecule has 9 heteroatoms. The van der Waals surface area contributed by atoms with Crippen molar-refractivity contribution in [1.82, 2.24) is 14.5 Å². The van der Waals surface area contributed by atoms with Crippen LogP contribution >= 0.6 is 0 Å². The van der Waals surface area contributed by atoms with Crippen LogP contribution in [0.2, 0.25) is 0 Å². The van der Waals surface area contributed by atoms with Gasteiger partial charge in [-0.05, 0) is 143 Å². The summed E-state index contributed by atoms with van der Waals surface area (Å²) in [6, 6.07) is 91.9. The third kappa shape index (κ3) is 9.94. The number of rotatable bonds is 12. The summed E-state index contributed by atoms with van der Waals surface area (Å²) in [4.78, 5) is 29.0. The molecule has 0 bridgehead atoms. The quantitative estimate of drug-likeness (QED) is 0.114. The minimum Gasteiger partial charge on any atom is -0.311 e. The SMILES string of the molecule is [C-]#[N+]c1ccc(N(c2ccccc2)c2ccc3c(c2)c2cc(N(c4ccccc4)c4ccc([N+]#[C-])cc4)ccc2n3-c2ccc(-c3ccc(-c4ccc(-c5cc(-c6cccc([N+]#[C-])c6)nc(-c6cccc([N+]#[C-])c6)n5)cc4)cc3)cc2)cc1. The lowest BCUT2D eigenvalue weighted by Crippen LogP contribution is -2.09. The molecule has 2 aromatic heterocycles. The van der Waals surface area contributed by atoms with Gasteiger partial charge >= 0.3 is 0 Å². The average molecular weight is 1060 g/mol. The lowest BCUT2D eigenvalue weighted by Gasteiger charge is -2.26. The fraction of sp³-hybridized carbons (Fsp3) is 0. The van der Waals surface area contributed by atoms with Crippen molar-refractivity contribution in [2.75, 3.05) is 9.80 Å². The van der Waals surface area contributed by atoms with Crippen molar-refractivity contribution in [1.29, 1.82) is 0 Å². The molecule has 0 N–H and O–H groups in total. The Morgan fingerprint density at radius 1 is 0.277 bits per heavy atom. The maximum absolute atomic E-state index is 7.62. The van der Waals surface area contributed by atoms with Gasteiger partial charge in [-0.3, -0.25) is 0 Å². The van der Waals surface area contributed by atoms with Crippen LogP contribution in [0.1, 0.15) is 0 Å². The molecule has 0 amide bonds. The van der Waals surface area contributed by atoms with Crippen molar-refractivity contribution >= 4 is 78.7 Å². The summed E-state index contributed by atoms with van der Waals surface area (Å²) < 4.78 is 2.34. The number of fused-ring (bicyclic) bond motifs is 3. The Balaban J connectivity index is 0.849. The Kier molecular flexibility index (Phi) is 13.3. The van der Waals surface area contributed by atoms with Crippen LogP contribution in [-0.4, -0.2) is 14.5 Å². The lowest BCUT2D eigenvalue weighted by atomic mass is 9.98. The van der Waals surface area contributed by atoms with E-state index >= 15 is 0 Å². The third-order valence-corrected chi connectivity index (χ3v) is 14.8. The van der Waals surface area contributed by atoms with E-state index < -0.39 is 0 Å². The van der Waals surface area contributed by atoms with Crippen molar-refractivity contribution in [2.45, 2.75) is 0 Å². The number of para-hydroxylation sites is 2. The summed E-state index contributed by atoms with van der Waals surface area (Å²) in [6.45, 7) is 30.4. The third-order valence-electron chi connectivity index (χ3n) is 14.8. The van der Waals surface area contributed by atoms with Crippen LogP contribution in [-0.2, 0) is 0 Å². The van der Waals surface area contributed by atoms with Gasteiger partial charge < -0.3 is 14.4 Å². The highest BCUT2D eigenvalue weighted by atomic mass is 15.2. The molecule has 0 aliphatic heterocycles. The summed E-state index contributed by atoms with van der Waals surface area (Å²) in [7, 11) is 0. The molecule has 83 heavy (non-hydrogen) atoms. The predicted octanol–water partition coefficient (Wildman–Crippen LogP) is 21.1. The number of aromatic nitrogens is 3. The molecule has 0 unspecified atom stereocenters. The van der Waals surface area contributed by atoms with Gasteiger partial charge in [-0.15, -0.1) is 0 Å². The first-order chi connectivity index (χ1) is 40.9. The topological polar surface area (TPSA) is 54.6 Å². The molecular weight excluding hydrogens is 1010 g/mol. The zero-order valence-electron chi connectivity index (χ0n) is 44.5. The largest absolute Gasteiger partial charge is 0.311 e. The van der Waals surface area contributed by atoms with Gasteiger partial charge in [0, 0.05) is 61.7 Å². The van der Waals surface area contributed by atoms with Gasteiger partial charge in [0.25, 0.3) is 0 Å². The first-order valence-electron chi connectivity index (χ1n) is 26.8. The van der Waals surface area contributed by atoms with Crippen LogP contribution in [0.4, 0.5) is 56.9 Å². The molecular formula is C74H45N9. The van der Waals surface area contributed by atoms with E-state index in [1.54, 1.807) is 18.2 Å². The van der Waals surface area contributed by atoms with E-state index in [4.69, 9.17) is 36.3 Å². The second kappa shape index (κ2) is 21.9. The Morgan fingerprint density at radius 3 is 1.10 bits per heavy atom. The van der Waals surface area contributed by atoms with E-state index in [0.717, 1.165) is 106 Å². The maximum atomic E-state index is 7.62. The smallest absolute Gasteiger partial charge is 0.187 e. The molecule has 386 valence electrons. The number of hydrogen-bond acceptors (Lipinski definition) is 4. The molecule has 2 heterocycles. The number of benzene rings is 11. The van der Waals surface area contributed by atoms with Gasteiger partial charge in [0.05, 0.1) is 48.7 Å². The van der Waals surface area contributed by atoms with E-state index in [9.17, 15) is 0 Å². The highest BCUT2D eigenvalue weighted by Crippen LogP contribution is 2.44. The van der Waals surface area contributed by atoms with Crippen molar-refractivity contribution in [3.63, 3.8) is 0 Å². The molecule has 0 saturated heterocycles. The molecule has 0 fully saturated rings. The first kappa shape index (κ1) is 50.4. The van der Waals surface area contributed by atoms with E-state index in [0.29, 0.717) is 34.3 Å². The summed E-state index contributed by atoms with van der Waals surface area (Å²) >= 11 is 0. The van der Waals surface area contributed by atoms with Gasteiger partial charge in [0.15, 0.2) is 28.6 Å². The maximum Gasteiger partial charge on any atom is 0.187 e. The standard InChI is InChI=1S/C74H45N9/c1-75-57-31-37-63(38-32-57)81(61-17-7-5-8-18-61)66-41-43-72-68(47-66)69-48-67(82(62-19-9-6-10-20-62)64-39-33-58(76-2)34-40-64)42-44-73(69)83(72)65-35-29-53(30-36-65)51-23-21-50(22-24-51)52-25-27-54(28-26-52)70-49-71(55-13-11-15-59(45-55)77-3)80-74(79-70)56-14-12-16-60(46-56)78-4/h5-49H. The average Bonchev–Trinajstić information content (AvgIpc) is 4.07. The number of anilines is 6. The van der Waals surface area contributed by atoms with Crippen LogP contribution in [0.25, 0.3) is 103 Å². The van der Waals surface area contributed by atoms with Gasteiger partial charge in [0.1, 0.15) is 0 Å². The van der Waals surface area contributed by atoms with Crippen LogP contribution in [0.15, 0.2) is 273 Å². The fourth-order valence-corrected chi connectivity index (χ4v) is 10.8. The van der Waals surface area contributed by atoms with Gasteiger partial charge in [-0.25, -0.2) is 29.3 Å². The Bertz CT molecular complexity index is 4500. The molecule has 0 spiro atoms. The molecule has 0 saturated carbocycles. The zero-order chi connectivity index (χ0) is 56.2. The van der Waals surface area contributed by atoms with E-state index in [-0.39, 0.29) is 0 Å². The van der Waals surface area contributed by atoms with Gasteiger partial charge in [-0.1, -0.05) is 158 Å². The number of nitrogens with zero attached hydrogens (tertiary/aromatic N) is 9. The van der Waals surface area contributed by atoms with E-state index in [1.807, 2.05) is 121 Å². The van der Waals surface area contributed by atoms with Gasteiger partial charge in [-0.2, -0.15) is 0 Å². The van der Waals surface area contributed by atoms with Crippen LogP contribution in [0.5, 0.6) is 0 Å². The molecule has 11 aromatic carbocycles. The Hall–Kier alpha value is -12.1.